The van der Waals surface area contributed by atoms with Crippen molar-refractivity contribution < 1.29 is 36.4 Å². The maximum absolute atomic E-state index is 15.5. The Morgan fingerprint density at radius 1 is 0.873 bits per heavy atom. The van der Waals surface area contributed by atoms with E-state index in [2.05, 4.69) is 52.9 Å². The predicted octanol–water partition coefficient (Wildman–Crippen LogP) is 5.69. The first-order chi connectivity index (χ1) is 30.4. The molecule has 4 aliphatic rings. The predicted molar refractivity (Wildman–Crippen MR) is 235 cm³/mol. The summed E-state index contributed by atoms with van der Waals surface area (Å²) in [6.45, 7) is 8.61. The van der Waals surface area contributed by atoms with Crippen LogP contribution in [-0.2, 0) is 26.2 Å². The molecule has 63 heavy (non-hydrogen) atoms. The van der Waals surface area contributed by atoms with Crippen molar-refractivity contribution in [1.29, 1.82) is 0 Å². The minimum Gasteiger partial charge on any atom is -0.372 e. The molecule has 17 heteroatoms. The number of benzene rings is 3. The molecule has 14 nitrogen and oxygen atoms in total. The number of carbonyl (C=O) groups is 4. The number of nitrogens with zero attached hydrogens (tertiary/aromatic N) is 5. The highest BCUT2D eigenvalue weighted by molar-refractivity contribution is 7.92. The summed E-state index contributed by atoms with van der Waals surface area (Å²) in [5.74, 6) is -3.86. The molecule has 3 saturated heterocycles. The fourth-order valence-electron chi connectivity index (χ4n) is 9.36. The molecule has 0 radical (unpaired) electrons. The van der Waals surface area contributed by atoms with Crippen molar-refractivity contribution in [3.63, 3.8) is 0 Å². The zero-order valence-corrected chi connectivity index (χ0v) is 35.6. The number of rotatable bonds is 12. The summed E-state index contributed by atoms with van der Waals surface area (Å²) in [4.78, 5) is 67.2. The second kappa shape index (κ2) is 17.2. The number of halogens is 2. The molecule has 328 valence electrons. The van der Waals surface area contributed by atoms with E-state index in [4.69, 9.17) is 0 Å². The number of nitrogens with one attached hydrogen (secondary N) is 3. The van der Waals surface area contributed by atoms with Crippen molar-refractivity contribution in [1.82, 2.24) is 25.1 Å². The van der Waals surface area contributed by atoms with Gasteiger partial charge in [0.1, 0.15) is 17.5 Å². The number of ketones is 1. The van der Waals surface area contributed by atoms with Crippen molar-refractivity contribution in [2.75, 3.05) is 66.1 Å². The van der Waals surface area contributed by atoms with E-state index in [-0.39, 0.29) is 29.6 Å². The Balaban J connectivity index is 0.781. The molecule has 6 heterocycles. The van der Waals surface area contributed by atoms with E-state index in [1.165, 1.54) is 6.20 Å². The third-order valence-corrected chi connectivity index (χ3v) is 14.3. The molecular formula is C46H48F2N8O6S. The number of piperidine rings is 2. The first-order valence-electron chi connectivity index (χ1n) is 21.5. The van der Waals surface area contributed by atoms with Crippen LogP contribution in [0.2, 0.25) is 0 Å². The van der Waals surface area contributed by atoms with Crippen LogP contribution in [0.1, 0.15) is 70.9 Å². The molecule has 1 unspecified atom stereocenters. The molecule has 3 N–H and O–H groups in total. The number of amides is 3. The molecule has 4 aliphatic heterocycles. The van der Waals surface area contributed by atoms with Crippen LogP contribution in [0.4, 0.5) is 25.8 Å². The molecular weight excluding hydrogens is 831 g/mol. The van der Waals surface area contributed by atoms with Crippen LogP contribution in [0, 0.1) is 17.6 Å². The maximum Gasteiger partial charge on any atom is 0.255 e. The molecule has 0 saturated carbocycles. The zero-order chi connectivity index (χ0) is 44.0. The largest absolute Gasteiger partial charge is 0.372 e. The maximum atomic E-state index is 15.5. The molecule has 3 amide bonds. The number of pyridine rings is 1. The zero-order valence-electron chi connectivity index (χ0n) is 34.8. The van der Waals surface area contributed by atoms with E-state index < -0.39 is 50.6 Å². The third-order valence-electron chi connectivity index (χ3n) is 12.8. The second-order valence-electron chi connectivity index (χ2n) is 16.9. The fraction of sp³-hybridized carbons (Fsp3) is 0.370. The standard InChI is InChI=1S/C46H48F2N8O6S/c1-2-21-63(61,62)52-38-10-9-37(47)41(42(38)48)43(58)36-25-50-44-35(36)23-30(24-49-44)29-3-5-32(6-4-29)55-19-17-53(18-20-55)26-28-13-15-54(16-14-28)33-7-8-34-31(22-33)27-56(46(34)60)39-11-12-40(57)51-45(39)59/h3-10,22-25,28,39,52H,2,11-21,26-27H2,1H3,(H,49,50)(H,51,57,59). The summed E-state index contributed by atoms with van der Waals surface area (Å²) in [6.07, 6.45) is 6.04. The normalized spacial score (nSPS) is 18.9. The Morgan fingerprint density at radius 2 is 1.60 bits per heavy atom. The van der Waals surface area contributed by atoms with Gasteiger partial charge in [0, 0.05) is 105 Å². The Labute approximate surface area is 363 Å². The van der Waals surface area contributed by atoms with Gasteiger partial charge < -0.3 is 19.7 Å². The lowest BCUT2D eigenvalue weighted by Gasteiger charge is -2.40. The van der Waals surface area contributed by atoms with Gasteiger partial charge in [0.15, 0.2) is 5.82 Å². The van der Waals surface area contributed by atoms with Gasteiger partial charge in [-0.25, -0.2) is 22.2 Å². The van der Waals surface area contributed by atoms with Crippen LogP contribution in [-0.4, -0.2) is 109 Å². The average molecular weight is 879 g/mol. The van der Waals surface area contributed by atoms with E-state index in [0.717, 1.165) is 93.3 Å². The number of aromatic nitrogens is 2. The average Bonchev–Trinajstić information content (AvgIpc) is 3.85. The number of sulfonamides is 1. The Hall–Kier alpha value is -6.20. The Kier molecular flexibility index (Phi) is 11.5. The van der Waals surface area contributed by atoms with E-state index in [0.29, 0.717) is 47.5 Å². The number of piperazine rings is 1. The number of imide groups is 1. The van der Waals surface area contributed by atoms with Crippen LogP contribution < -0.4 is 19.8 Å². The highest BCUT2D eigenvalue weighted by Crippen LogP contribution is 2.34. The quantitative estimate of drug-likeness (QED) is 0.105. The lowest BCUT2D eigenvalue weighted by atomic mass is 9.95. The van der Waals surface area contributed by atoms with Crippen molar-refractivity contribution in [2.45, 2.75) is 51.6 Å². The number of hydrogen-bond acceptors (Lipinski definition) is 10. The van der Waals surface area contributed by atoms with Gasteiger partial charge in [-0.05, 0) is 91.3 Å². The molecule has 0 aliphatic carbocycles. The summed E-state index contributed by atoms with van der Waals surface area (Å²) in [5, 5.41) is 2.74. The first kappa shape index (κ1) is 42.1. The Bertz CT molecular complexity index is 2730. The van der Waals surface area contributed by atoms with Crippen molar-refractivity contribution in [3.8, 4) is 11.1 Å². The van der Waals surface area contributed by atoms with Gasteiger partial charge in [-0.15, -0.1) is 0 Å². The van der Waals surface area contributed by atoms with Gasteiger partial charge in [-0.1, -0.05) is 19.1 Å². The van der Waals surface area contributed by atoms with Crippen molar-refractivity contribution >= 4 is 61.6 Å². The summed E-state index contributed by atoms with van der Waals surface area (Å²) in [5.41, 5.74) is 4.31. The van der Waals surface area contributed by atoms with E-state index in [9.17, 15) is 32.0 Å². The summed E-state index contributed by atoms with van der Waals surface area (Å²) in [7, 11) is -3.89. The monoisotopic (exact) mass is 878 g/mol. The topological polar surface area (TPSA) is 168 Å². The number of carbonyl (C=O) groups excluding carboxylic acids is 4. The van der Waals surface area contributed by atoms with Gasteiger partial charge in [0.05, 0.1) is 17.0 Å². The number of fused-ring (bicyclic) bond motifs is 2. The van der Waals surface area contributed by atoms with Crippen LogP contribution in [0.3, 0.4) is 0 Å². The van der Waals surface area contributed by atoms with Gasteiger partial charge in [0.2, 0.25) is 27.6 Å². The van der Waals surface area contributed by atoms with E-state index >= 15 is 4.39 Å². The van der Waals surface area contributed by atoms with Crippen molar-refractivity contribution in [2.24, 2.45) is 5.92 Å². The van der Waals surface area contributed by atoms with Crippen LogP contribution in [0.5, 0.6) is 0 Å². The molecule has 3 fully saturated rings. The minimum atomic E-state index is -3.89. The number of H-pyrrole nitrogens is 1. The second-order valence-corrected chi connectivity index (χ2v) is 18.7. The first-order valence-corrected chi connectivity index (χ1v) is 23.1. The van der Waals surface area contributed by atoms with E-state index in [1.807, 2.05) is 24.3 Å². The molecule has 0 spiro atoms. The third kappa shape index (κ3) is 8.51. The smallest absolute Gasteiger partial charge is 0.255 e. The molecule has 3 aromatic carbocycles. The summed E-state index contributed by atoms with van der Waals surface area (Å²) < 4.78 is 57.3. The summed E-state index contributed by atoms with van der Waals surface area (Å²) in [6, 6.07) is 17.0. The SMILES string of the molecule is CCCS(=O)(=O)Nc1ccc(F)c(C(=O)c2c[nH]c3ncc(-c4ccc(N5CCN(CC6CCN(c7ccc8c(c7)CN(C7CCC(=O)NC7=O)C8=O)CC6)CC5)cc4)cc23)c1F. The number of hydrogen-bond donors (Lipinski definition) is 3. The van der Waals surface area contributed by atoms with Gasteiger partial charge in [-0.3, -0.25) is 34.1 Å². The highest BCUT2D eigenvalue weighted by atomic mass is 32.2. The van der Waals surface area contributed by atoms with Crippen LogP contribution in [0.25, 0.3) is 22.2 Å². The highest BCUT2D eigenvalue weighted by Gasteiger charge is 2.39. The van der Waals surface area contributed by atoms with E-state index in [1.54, 1.807) is 24.1 Å². The molecule has 0 bridgehead atoms. The Morgan fingerprint density at radius 3 is 2.33 bits per heavy atom. The van der Waals surface area contributed by atoms with Gasteiger partial charge >= 0.3 is 0 Å². The molecule has 9 rings (SSSR count). The lowest BCUT2D eigenvalue weighted by Crippen LogP contribution is -2.52. The van der Waals surface area contributed by atoms with Gasteiger partial charge in [-0.2, -0.15) is 0 Å². The summed E-state index contributed by atoms with van der Waals surface area (Å²) >= 11 is 0. The fourth-order valence-corrected chi connectivity index (χ4v) is 10.5. The van der Waals surface area contributed by atoms with Gasteiger partial charge in [0.25, 0.3) is 5.91 Å². The number of anilines is 3. The molecule has 2 aromatic heterocycles. The van der Waals surface area contributed by atoms with Crippen LogP contribution in [0.15, 0.2) is 73.1 Å². The lowest BCUT2D eigenvalue weighted by molar-refractivity contribution is -0.136. The minimum absolute atomic E-state index is 0.00479. The number of aromatic amines is 1. The molecule has 1 atom stereocenters. The van der Waals surface area contributed by atoms with Crippen molar-refractivity contribution in [3.05, 3.63) is 107 Å². The molecule has 5 aromatic rings. The van der Waals surface area contributed by atoms with Crippen LogP contribution >= 0.6 is 0 Å².